The van der Waals surface area contributed by atoms with Gasteiger partial charge in [-0.1, -0.05) is 19.1 Å². The van der Waals surface area contributed by atoms with Crippen molar-refractivity contribution in [3.05, 3.63) is 29.8 Å². The second-order valence-corrected chi connectivity index (χ2v) is 8.81. The molecule has 0 radical (unpaired) electrons. The number of sulfonamides is 1. The lowest BCUT2D eigenvalue weighted by molar-refractivity contribution is -0.146. The van der Waals surface area contributed by atoms with Gasteiger partial charge in [0.25, 0.3) is 0 Å². The number of nitriles is 1. The van der Waals surface area contributed by atoms with E-state index >= 15 is 0 Å². The van der Waals surface area contributed by atoms with Crippen LogP contribution in [0.5, 0.6) is 0 Å². The van der Waals surface area contributed by atoms with Gasteiger partial charge in [0, 0.05) is 32.8 Å². The second kappa shape index (κ2) is 8.38. The molecule has 2 aliphatic heterocycles. The van der Waals surface area contributed by atoms with Crippen molar-refractivity contribution in [3.63, 3.8) is 0 Å². The van der Waals surface area contributed by atoms with Crippen LogP contribution in [0.4, 0.5) is 0 Å². The summed E-state index contributed by atoms with van der Waals surface area (Å²) in [5.41, 5.74) is 0.140. The first-order chi connectivity index (χ1) is 13.0. The smallest absolute Gasteiger partial charge is 0.244 e. The predicted octanol–water partition coefficient (Wildman–Crippen LogP) is 1.60. The molecule has 7 nitrogen and oxygen atoms in total. The predicted molar refractivity (Wildman–Crippen MR) is 99.3 cm³/mol. The fourth-order valence-corrected chi connectivity index (χ4v) is 5.40. The Morgan fingerprint density at radius 3 is 2.63 bits per heavy atom. The number of hydrogen-bond acceptors (Lipinski definition) is 5. The molecule has 27 heavy (non-hydrogen) atoms. The fourth-order valence-electron chi connectivity index (χ4n) is 3.83. The van der Waals surface area contributed by atoms with E-state index in [0.717, 1.165) is 19.3 Å². The summed E-state index contributed by atoms with van der Waals surface area (Å²) in [7, 11) is -3.75. The Labute approximate surface area is 160 Å². The van der Waals surface area contributed by atoms with Crippen LogP contribution in [-0.2, 0) is 19.6 Å². The zero-order valence-electron chi connectivity index (χ0n) is 15.5. The molecule has 3 rings (SSSR count). The zero-order valence-corrected chi connectivity index (χ0v) is 16.3. The molecule has 146 valence electrons. The van der Waals surface area contributed by atoms with Gasteiger partial charge in [-0.25, -0.2) is 8.42 Å². The van der Waals surface area contributed by atoms with Gasteiger partial charge in [-0.15, -0.1) is 0 Å². The highest BCUT2D eigenvalue weighted by molar-refractivity contribution is 7.89. The van der Waals surface area contributed by atoms with Crippen LogP contribution in [-0.4, -0.2) is 62.4 Å². The minimum atomic E-state index is -3.75. The van der Waals surface area contributed by atoms with E-state index in [-0.39, 0.29) is 41.5 Å². The third-order valence-corrected chi connectivity index (χ3v) is 7.29. The number of benzene rings is 1. The maximum Gasteiger partial charge on any atom is 0.244 e. The van der Waals surface area contributed by atoms with Gasteiger partial charge < -0.3 is 9.64 Å². The lowest BCUT2D eigenvalue weighted by Crippen LogP contribution is -2.53. The van der Waals surface area contributed by atoms with Crippen LogP contribution in [0.25, 0.3) is 0 Å². The number of hydrogen-bond donors (Lipinski definition) is 0. The molecule has 0 spiro atoms. The minimum Gasteiger partial charge on any atom is -0.377 e. The van der Waals surface area contributed by atoms with Crippen molar-refractivity contribution >= 4 is 15.9 Å². The van der Waals surface area contributed by atoms with E-state index in [1.807, 2.05) is 13.0 Å². The van der Waals surface area contributed by atoms with E-state index in [2.05, 4.69) is 0 Å². The molecule has 2 atom stereocenters. The SMILES string of the molecule is CCC1OCCCC1C(=O)N1CCN(S(=O)(=O)c2ccccc2C#N)CC1. The molecule has 2 aliphatic rings. The zero-order chi connectivity index (χ0) is 19.4. The summed E-state index contributed by atoms with van der Waals surface area (Å²) in [6.07, 6.45) is 2.46. The third kappa shape index (κ3) is 4.00. The molecule has 1 aromatic rings. The lowest BCUT2D eigenvalue weighted by atomic mass is 9.91. The van der Waals surface area contributed by atoms with E-state index < -0.39 is 10.0 Å². The van der Waals surface area contributed by atoms with Crippen LogP contribution in [0.2, 0.25) is 0 Å². The maximum atomic E-state index is 12.9. The molecule has 0 aliphatic carbocycles. The number of nitrogens with zero attached hydrogens (tertiary/aromatic N) is 3. The quantitative estimate of drug-likeness (QED) is 0.777. The summed E-state index contributed by atoms with van der Waals surface area (Å²) >= 11 is 0. The van der Waals surface area contributed by atoms with Gasteiger partial charge in [-0.05, 0) is 31.4 Å². The largest absolute Gasteiger partial charge is 0.377 e. The molecule has 1 amide bonds. The van der Waals surface area contributed by atoms with Crippen molar-refractivity contribution in [1.82, 2.24) is 9.21 Å². The Hall–Kier alpha value is -1.95. The summed E-state index contributed by atoms with van der Waals surface area (Å²) in [6.45, 7) is 3.91. The van der Waals surface area contributed by atoms with E-state index in [9.17, 15) is 18.5 Å². The summed E-state index contributed by atoms with van der Waals surface area (Å²) in [6, 6.07) is 8.15. The van der Waals surface area contributed by atoms with Crippen LogP contribution in [0, 0.1) is 17.2 Å². The summed E-state index contributed by atoms with van der Waals surface area (Å²) in [5, 5.41) is 9.19. The molecule has 8 heteroatoms. The van der Waals surface area contributed by atoms with Crippen LogP contribution in [0.1, 0.15) is 31.7 Å². The van der Waals surface area contributed by atoms with Gasteiger partial charge in [0.1, 0.15) is 6.07 Å². The number of rotatable bonds is 4. The topological polar surface area (TPSA) is 90.7 Å². The summed E-state index contributed by atoms with van der Waals surface area (Å²) in [5.74, 6) is -0.0674. The molecule has 0 N–H and O–H groups in total. The Balaban J connectivity index is 1.68. The second-order valence-electron chi connectivity index (χ2n) is 6.90. The Morgan fingerprint density at radius 1 is 1.26 bits per heavy atom. The van der Waals surface area contributed by atoms with Crippen molar-refractivity contribution in [2.75, 3.05) is 32.8 Å². The third-order valence-electron chi connectivity index (χ3n) is 5.34. The van der Waals surface area contributed by atoms with E-state index in [1.165, 1.54) is 16.4 Å². The number of amides is 1. The van der Waals surface area contributed by atoms with E-state index in [0.29, 0.717) is 19.7 Å². The molecule has 0 aromatic heterocycles. The normalized spacial score (nSPS) is 24.4. The molecule has 0 bridgehead atoms. The average Bonchev–Trinajstić information content (AvgIpc) is 2.73. The van der Waals surface area contributed by atoms with Gasteiger partial charge in [-0.3, -0.25) is 4.79 Å². The first-order valence-electron chi connectivity index (χ1n) is 9.38. The first-order valence-corrected chi connectivity index (χ1v) is 10.8. The van der Waals surface area contributed by atoms with Crippen molar-refractivity contribution < 1.29 is 17.9 Å². The molecular weight excluding hydrogens is 366 g/mol. The van der Waals surface area contributed by atoms with Crippen LogP contribution in [0.15, 0.2) is 29.2 Å². The van der Waals surface area contributed by atoms with Crippen LogP contribution >= 0.6 is 0 Å². The Morgan fingerprint density at radius 2 is 1.96 bits per heavy atom. The molecule has 2 fully saturated rings. The molecule has 2 unspecified atom stereocenters. The molecular formula is C19H25N3O4S. The summed E-state index contributed by atoms with van der Waals surface area (Å²) < 4.78 is 32.9. The van der Waals surface area contributed by atoms with Gasteiger partial charge in [0.2, 0.25) is 15.9 Å². The van der Waals surface area contributed by atoms with E-state index in [1.54, 1.807) is 17.0 Å². The number of ether oxygens (including phenoxy) is 1. The van der Waals surface area contributed by atoms with E-state index in [4.69, 9.17) is 4.74 Å². The highest BCUT2D eigenvalue weighted by Crippen LogP contribution is 2.27. The first kappa shape index (κ1) is 19.8. The van der Waals surface area contributed by atoms with Crippen molar-refractivity contribution in [1.29, 1.82) is 5.26 Å². The number of carbonyl (C=O) groups is 1. The minimum absolute atomic E-state index is 0.0269. The van der Waals surface area contributed by atoms with Crippen molar-refractivity contribution in [2.45, 2.75) is 37.2 Å². The Kier molecular flexibility index (Phi) is 6.15. The molecule has 2 saturated heterocycles. The molecule has 1 aromatic carbocycles. The standard InChI is InChI=1S/C19H25N3O4S/c1-2-17-16(7-5-13-26-17)19(23)21-9-11-22(12-10-21)27(24,25)18-8-4-3-6-15(18)14-20/h3-4,6,8,16-17H,2,5,7,9-13H2,1H3. The molecule has 2 heterocycles. The highest BCUT2D eigenvalue weighted by Gasteiger charge is 2.37. The van der Waals surface area contributed by atoms with Gasteiger partial charge in [0.15, 0.2) is 0 Å². The van der Waals surface area contributed by atoms with Crippen molar-refractivity contribution in [2.24, 2.45) is 5.92 Å². The highest BCUT2D eigenvalue weighted by atomic mass is 32.2. The van der Waals surface area contributed by atoms with Gasteiger partial charge in [0.05, 0.1) is 22.5 Å². The number of piperazine rings is 1. The monoisotopic (exact) mass is 391 g/mol. The van der Waals surface area contributed by atoms with Crippen LogP contribution < -0.4 is 0 Å². The lowest BCUT2D eigenvalue weighted by Gasteiger charge is -2.38. The van der Waals surface area contributed by atoms with Gasteiger partial charge >= 0.3 is 0 Å². The maximum absolute atomic E-state index is 12.9. The van der Waals surface area contributed by atoms with Gasteiger partial charge in [-0.2, -0.15) is 9.57 Å². The molecule has 0 saturated carbocycles. The van der Waals surface area contributed by atoms with Crippen molar-refractivity contribution in [3.8, 4) is 6.07 Å². The average molecular weight is 391 g/mol. The Bertz CT molecular complexity index is 826. The number of carbonyl (C=O) groups excluding carboxylic acids is 1. The van der Waals surface area contributed by atoms with Crippen LogP contribution in [0.3, 0.4) is 0 Å². The fraction of sp³-hybridized carbons (Fsp3) is 0.579. The summed E-state index contributed by atoms with van der Waals surface area (Å²) in [4.78, 5) is 14.7.